The van der Waals surface area contributed by atoms with E-state index in [1.165, 1.54) is 18.0 Å². The van der Waals surface area contributed by atoms with Crippen molar-refractivity contribution < 1.29 is 10.0 Å². The van der Waals surface area contributed by atoms with Gasteiger partial charge < -0.3 is 9.41 Å². The summed E-state index contributed by atoms with van der Waals surface area (Å²) in [5.74, 6) is 0. The molecule has 1 N–H and O–H groups in total. The van der Waals surface area contributed by atoms with E-state index < -0.39 is 0 Å². The van der Waals surface area contributed by atoms with E-state index in [9.17, 15) is 10.1 Å². The van der Waals surface area contributed by atoms with E-state index in [1.54, 1.807) is 18.2 Å². The van der Waals surface area contributed by atoms with Crippen molar-refractivity contribution in [1.82, 2.24) is 0 Å². The highest BCUT2D eigenvalue weighted by Gasteiger charge is 2.15. The second-order valence-electron chi connectivity index (χ2n) is 4.14. The lowest BCUT2D eigenvalue weighted by atomic mass is 10.2. The highest BCUT2D eigenvalue weighted by Crippen LogP contribution is 2.33. The molecule has 20 heavy (non-hydrogen) atoms. The molecule has 2 aromatic carbocycles. The van der Waals surface area contributed by atoms with Crippen molar-refractivity contribution in [3.63, 3.8) is 0 Å². The summed E-state index contributed by atoms with van der Waals surface area (Å²) < 4.78 is 1.85. The van der Waals surface area contributed by atoms with Gasteiger partial charge in [0.25, 0.3) is 5.69 Å². The quantitative estimate of drug-likeness (QED) is 0.520. The van der Waals surface area contributed by atoms with Crippen LogP contribution in [-0.4, -0.2) is 17.1 Å². The van der Waals surface area contributed by atoms with Crippen molar-refractivity contribution in [3.8, 4) is 0 Å². The number of nitro groups is 1. The van der Waals surface area contributed by atoms with Crippen LogP contribution in [0.5, 0.6) is 0 Å². The maximum atomic E-state index is 11.0. The first kappa shape index (κ1) is 14.4. The molecule has 0 saturated heterocycles. The summed E-state index contributed by atoms with van der Waals surface area (Å²) in [6.45, 7) is 0.00128. The number of para-hydroxylation sites is 1. The molecule has 0 bridgehead atoms. The Labute approximate surface area is 121 Å². The lowest BCUT2D eigenvalue weighted by Gasteiger charge is -2.17. The summed E-state index contributed by atoms with van der Waals surface area (Å²) in [6, 6.07) is 14.0. The van der Waals surface area contributed by atoms with E-state index in [-0.39, 0.29) is 17.2 Å². The lowest BCUT2D eigenvalue weighted by Crippen LogP contribution is -2.06. The zero-order chi connectivity index (χ0) is 14.5. The van der Waals surface area contributed by atoms with Gasteiger partial charge in [0.05, 0.1) is 11.5 Å². The molecule has 5 nitrogen and oxygen atoms in total. The van der Waals surface area contributed by atoms with Gasteiger partial charge in [-0.15, -0.1) is 0 Å². The molecule has 0 fully saturated rings. The molecule has 2 aromatic rings. The van der Waals surface area contributed by atoms with E-state index in [4.69, 9.17) is 5.11 Å². The van der Waals surface area contributed by atoms with Crippen molar-refractivity contribution in [2.24, 2.45) is 0 Å². The van der Waals surface area contributed by atoms with Crippen LogP contribution in [0.1, 0.15) is 5.56 Å². The van der Waals surface area contributed by atoms with Crippen molar-refractivity contribution >= 4 is 23.3 Å². The maximum Gasteiger partial charge on any atom is 0.284 e. The monoisotopic (exact) mass is 290 g/mol. The third-order valence-electron chi connectivity index (χ3n) is 2.78. The summed E-state index contributed by atoms with van der Waals surface area (Å²) in [6.07, 6.45) is 0. The molecular weight excluding hydrogens is 276 g/mol. The number of hydrogen-bond donors (Lipinski definition) is 1. The number of aliphatic hydroxyl groups excluding tert-OH is 1. The first-order valence-corrected chi connectivity index (χ1v) is 6.74. The Hall–Kier alpha value is -2.05. The van der Waals surface area contributed by atoms with Gasteiger partial charge in [-0.1, -0.05) is 24.3 Å². The zero-order valence-corrected chi connectivity index (χ0v) is 11.7. The van der Waals surface area contributed by atoms with Crippen LogP contribution in [0.2, 0.25) is 0 Å². The maximum absolute atomic E-state index is 11.0. The third kappa shape index (κ3) is 3.28. The van der Waals surface area contributed by atoms with Gasteiger partial charge in [-0.3, -0.25) is 10.1 Å². The van der Waals surface area contributed by atoms with Crippen LogP contribution in [0.25, 0.3) is 0 Å². The molecule has 0 unspecified atom stereocenters. The fourth-order valence-electron chi connectivity index (χ4n) is 1.70. The van der Waals surface area contributed by atoms with Gasteiger partial charge in [-0.25, -0.2) is 0 Å². The second-order valence-corrected chi connectivity index (χ2v) is 5.31. The number of benzene rings is 2. The number of rotatable bonds is 5. The van der Waals surface area contributed by atoms with E-state index >= 15 is 0 Å². The van der Waals surface area contributed by atoms with Gasteiger partial charge in [-0.05, 0) is 35.7 Å². The van der Waals surface area contributed by atoms with Crippen LogP contribution in [0.4, 0.5) is 11.4 Å². The zero-order valence-electron chi connectivity index (χ0n) is 10.9. The second kappa shape index (κ2) is 6.40. The van der Waals surface area contributed by atoms with Crippen LogP contribution in [0.3, 0.4) is 0 Å². The van der Waals surface area contributed by atoms with Gasteiger partial charge in [0.1, 0.15) is 4.90 Å². The average Bonchev–Trinajstić information content (AvgIpc) is 2.47. The minimum absolute atomic E-state index is 0.00128. The van der Waals surface area contributed by atoms with E-state index in [1.807, 2.05) is 35.6 Å². The Morgan fingerprint density at radius 2 is 1.85 bits per heavy atom. The third-order valence-corrected chi connectivity index (χ3v) is 3.81. The lowest BCUT2D eigenvalue weighted by molar-refractivity contribution is -0.387. The number of hydrogen-bond acceptors (Lipinski definition) is 5. The van der Waals surface area contributed by atoms with E-state index in [2.05, 4.69) is 0 Å². The minimum atomic E-state index is -0.384. The normalized spacial score (nSPS) is 10.3. The minimum Gasteiger partial charge on any atom is -0.392 e. The van der Waals surface area contributed by atoms with Crippen molar-refractivity contribution in [2.45, 2.75) is 11.5 Å². The standard InChI is InChI=1S/C14H14N2O3S/c1-15(12-8-6-11(10-17)7-9-12)20-14-5-3-2-4-13(14)16(18)19/h2-9,17H,10H2,1H3. The Bertz CT molecular complexity index is 602. The highest BCUT2D eigenvalue weighted by molar-refractivity contribution is 8.00. The summed E-state index contributed by atoms with van der Waals surface area (Å²) in [5, 5.41) is 20.0. The van der Waals surface area contributed by atoms with Gasteiger partial charge in [0, 0.05) is 18.8 Å². The summed E-state index contributed by atoms with van der Waals surface area (Å²) in [7, 11) is 1.84. The molecule has 0 atom stereocenters. The molecule has 0 aliphatic rings. The Morgan fingerprint density at radius 1 is 1.20 bits per heavy atom. The molecule has 104 valence electrons. The SMILES string of the molecule is CN(Sc1ccccc1[N+](=O)[O-])c1ccc(CO)cc1. The van der Waals surface area contributed by atoms with E-state index in [0.29, 0.717) is 4.90 Å². The summed E-state index contributed by atoms with van der Waals surface area (Å²) in [4.78, 5) is 11.2. The van der Waals surface area contributed by atoms with Crippen LogP contribution in [-0.2, 0) is 6.61 Å². The van der Waals surface area contributed by atoms with Crippen LogP contribution in [0.15, 0.2) is 53.4 Å². The largest absolute Gasteiger partial charge is 0.392 e. The smallest absolute Gasteiger partial charge is 0.284 e. The van der Waals surface area contributed by atoms with Crippen LogP contribution >= 0.6 is 11.9 Å². The molecule has 0 aromatic heterocycles. The number of nitro benzene ring substituents is 1. The first-order chi connectivity index (χ1) is 9.61. The molecular formula is C14H14N2O3S. The topological polar surface area (TPSA) is 66.6 Å². The van der Waals surface area contributed by atoms with Crippen molar-refractivity contribution in [1.29, 1.82) is 0 Å². The Balaban J connectivity index is 2.18. The molecule has 0 saturated carbocycles. The Kier molecular flexibility index (Phi) is 4.60. The molecule has 0 aliphatic heterocycles. The molecule has 0 heterocycles. The average molecular weight is 290 g/mol. The number of nitrogens with zero attached hydrogens (tertiary/aromatic N) is 2. The van der Waals surface area contributed by atoms with Gasteiger partial charge in [-0.2, -0.15) is 0 Å². The molecule has 2 rings (SSSR count). The van der Waals surface area contributed by atoms with Crippen molar-refractivity contribution in [3.05, 3.63) is 64.2 Å². The summed E-state index contributed by atoms with van der Waals surface area (Å²) in [5.41, 5.74) is 1.83. The molecule has 0 radical (unpaired) electrons. The number of aliphatic hydroxyl groups is 1. The number of anilines is 1. The molecule has 0 aliphatic carbocycles. The Morgan fingerprint density at radius 3 is 2.45 bits per heavy atom. The van der Waals surface area contributed by atoms with Crippen LogP contribution < -0.4 is 4.31 Å². The molecule has 6 heteroatoms. The molecule has 0 spiro atoms. The van der Waals surface area contributed by atoms with Crippen LogP contribution in [0, 0.1) is 10.1 Å². The predicted octanol–water partition coefficient (Wildman–Crippen LogP) is 3.23. The summed E-state index contributed by atoms with van der Waals surface area (Å²) >= 11 is 1.29. The highest BCUT2D eigenvalue weighted by atomic mass is 32.2. The van der Waals surface area contributed by atoms with Gasteiger partial charge >= 0.3 is 0 Å². The van der Waals surface area contributed by atoms with Crippen molar-refractivity contribution in [2.75, 3.05) is 11.4 Å². The fraction of sp³-hybridized carbons (Fsp3) is 0.143. The molecule has 0 amide bonds. The fourth-order valence-corrected chi connectivity index (χ4v) is 2.59. The van der Waals surface area contributed by atoms with Gasteiger partial charge in [0.2, 0.25) is 0 Å². The predicted molar refractivity (Wildman–Crippen MR) is 79.7 cm³/mol. The van der Waals surface area contributed by atoms with Gasteiger partial charge in [0.15, 0.2) is 0 Å². The van der Waals surface area contributed by atoms with E-state index in [0.717, 1.165) is 11.3 Å². The first-order valence-electron chi connectivity index (χ1n) is 5.96.